The number of carbonyl (C=O) groups excluding carboxylic acids is 1. The van der Waals surface area contributed by atoms with Gasteiger partial charge in [-0.25, -0.2) is 4.79 Å². The van der Waals surface area contributed by atoms with E-state index in [1.54, 1.807) is 0 Å². The summed E-state index contributed by atoms with van der Waals surface area (Å²) in [4.78, 5) is 10.9. The Morgan fingerprint density at radius 3 is 2.79 bits per heavy atom. The van der Waals surface area contributed by atoms with Crippen LogP contribution in [0.2, 0.25) is 0 Å². The highest BCUT2D eigenvalue weighted by Gasteiger charge is 1.97. The molecule has 0 aliphatic rings. The minimum absolute atomic E-state index is 0.239. The van der Waals surface area contributed by atoms with E-state index in [-0.39, 0.29) is 5.97 Å². The lowest BCUT2D eigenvalue weighted by Crippen LogP contribution is -1.99. The van der Waals surface area contributed by atoms with Crippen molar-refractivity contribution in [1.29, 1.82) is 0 Å². The summed E-state index contributed by atoms with van der Waals surface area (Å²) in [7, 11) is 0. The zero-order valence-electron chi connectivity index (χ0n) is 9.29. The van der Waals surface area contributed by atoms with Crippen LogP contribution in [0.15, 0.2) is 12.2 Å². The second-order valence-electron chi connectivity index (χ2n) is 3.21. The van der Waals surface area contributed by atoms with Gasteiger partial charge in [0.25, 0.3) is 0 Å². The van der Waals surface area contributed by atoms with Crippen LogP contribution in [0.4, 0.5) is 0 Å². The molecule has 0 radical (unpaired) electrons. The number of rotatable bonds is 7. The number of carbonyl (C=O) groups is 1. The Bertz CT molecular complexity index is 178. The van der Waals surface area contributed by atoms with E-state index < -0.39 is 0 Å². The fourth-order valence-corrected chi connectivity index (χ4v) is 1.80. The molecule has 0 aliphatic carbocycles. The summed E-state index contributed by atoms with van der Waals surface area (Å²) in [6.45, 7) is 6.69. The first-order valence-corrected chi connectivity index (χ1v) is 6.27. The zero-order chi connectivity index (χ0) is 10.8. The number of thioether (sulfide) groups is 1. The summed E-state index contributed by atoms with van der Waals surface area (Å²) in [5.41, 5.74) is 0. The molecular weight excluding hydrogens is 196 g/mol. The Morgan fingerprint density at radius 1 is 1.50 bits per heavy atom. The van der Waals surface area contributed by atoms with Crippen molar-refractivity contribution >= 4 is 17.7 Å². The van der Waals surface area contributed by atoms with Crippen LogP contribution in [0.25, 0.3) is 0 Å². The molecule has 1 atom stereocenters. The van der Waals surface area contributed by atoms with Crippen LogP contribution >= 0.6 is 11.8 Å². The molecule has 0 saturated carbocycles. The van der Waals surface area contributed by atoms with Crippen molar-refractivity contribution in [2.24, 2.45) is 5.92 Å². The van der Waals surface area contributed by atoms with Gasteiger partial charge in [0.15, 0.2) is 0 Å². The van der Waals surface area contributed by atoms with E-state index in [1.165, 1.54) is 12.5 Å². The molecule has 2 nitrogen and oxygen atoms in total. The molecule has 14 heavy (non-hydrogen) atoms. The van der Waals surface area contributed by atoms with Gasteiger partial charge in [0, 0.05) is 11.8 Å². The van der Waals surface area contributed by atoms with Gasteiger partial charge in [-0.05, 0) is 18.6 Å². The van der Waals surface area contributed by atoms with Gasteiger partial charge in [-0.15, -0.1) is 0 Å². The maximum Gasteiger partial charge on any atom is 0.330 e. The monoisotopic (exact) mass is 216 g/mol. The average Bonchev–Trinajstić information content (AvgIpc) is 2.17. The maximum absolute atomic E-state index is 10.9. The van der Waals surface area contributed by atoms with Crippen LogP contribution in [-0.2, 0) is 9.53 Å². The van der Waals surface area contributed by atoms with Gasteiger partial charge in [0.05, 0.1) is 6.61 Å². The lowest BCUT2D eigenvalue weighted by molar-refractivity contribution is -0.137. The quantitative estimate of drug-likeness (QED) is 0.372. The minimum atomic E-state index is -0.239. The van der Waals surface area contributed by atoms with Gasteiger partial charge >= 0.3 is 5.97 Å². The average molecular weight is 216 g/mol. The Morgan fingerprint density at radius 2 is 2.21 bits per heavy atom. The predicted octanol–water partition coefficient (Wildman–Crippen LogP) is 2.89. The first-order valence-electron chi connectivity index (χ1n) is 5.11. The van der Waals surface area contributed by atoms with E-state index in [4.69, 9.17) is 4.74 Å². The zero-order valence-corrected chi connectivity index (χ0v) is 10.1. The van der Waals surface area contributed by atoms with E-state index >= 15 is 0 Å². The maximum atomic E-state index is 10.9. The Hall–Kier alpha value is -0.440. The molecule has 0 aromatic heterocycles. The van der Waals surface area contributed by atoms with Gasteiger partial charge in [-0.1, -0.05) is 26.3 Å². The van der Waals surface area contributed by atoms with Crippen LogP contribution in [0.5, 0.6) is 0 Å². The number of hydrogen-bond acceptors (Lipinski definition) is 3. The van der Waals surface area contributed by atoms with Crippen LogP contribution in [0.1, 0.15) is 27.2 Å². The van der Waals surface area contributed by atoms with Crippen molar-refractivity contribution in [1.82, 2.24) is 0 Å². The second-order valence-corrected chi connectivity index (χ2v) is 4.28. The van der Waals surface area contributed by atoms with Crippen molar-refractivity contribution in [3.05, 3.63) is 12.2 Å². The van der Waals surface area contributed by atoms with Crippen LogP contribution in [-0.4, -0.2) is 24.1 Å². The van der Waals surface area contributed by atoms with Crippen molar-refractivity contribution in [2.45, 2.75) is 27.2 Å². The molecule has 0 N–H and O–H groups in total. The second kappa shape index (κ2) is 9.13. The summed E-state index contributed by atoms with van der Waals surface area (Å²) in [6, 6.07) is 0. The van der Waals surface area contributed by atoms with Crippen molar-refractivity contribution < 1.29 is 9.53 Å². The molecule has 82 valence electrons. The standard InChI is InChI=1S/C11H20O2S/c1-4-10(3)9-14-8-6-7-11(12)13-5-2/h6-7,10H,4-5,8-9H2,1-3H3/b7-6+. The summed E-state index contributed by atoms with van der Waals surface area (Å²) < 4.78 is 4.76. The highest BCUT2D eigenvalue weighted by atomic mass is 32.2. The van der Waals surface area contributed by atoms with Crippen LogP contribution in [0, 0.1) is 5.92 Å². The predicted molar refractivity (Wildman–Crippen MR) is 62.6 cm³/mol. The third-order valence-corrected chi connectivity index (χ3v) is 3.09. The van der Waals surface area contributed by atoms with E-state index in [2.05, 4.69) is 13.8 Å². The smallest absolute Gasteiger partial charge is 0.330 e. The number of esters is 1. The van der Waals surface area contributed by atoms with Crippen molar-refractivity contribution in [2.75, 3.05) is 18.1 Å². The van der Waals surface area contributed by atoms with Gasteiger partial charge in [0.2, 0.25) is 0 Å². The number of hydrogen-bond donors (Lipinski definition) is 0. The summed E-state index contributed by atoms with van der Waals surface area (Å²) in [5.74, 6) is 2.57. The van der Waals surface area contributed by atoms with Gasteiger partial charge < -0.3 is 4.74 Å². The lowest BCUT2D eigenvalue weighted by Gasteiger charge is -2.05. The molecule has 3 heteroatoms. The van der Waals surface area contributed by atoms with Gasteiger partial charge in [0.1, 0.15) is 0 Å². The molecule has 0 spiro atoms. The largest absolute Gasteiger partial charge is 0.463 e. The molecule has 0 saturated heterocycles. The van der Waals surface area contributed by atoms with Gasteiger partial charge in [-0.3, -0.25) is 0 Å². The third kappa shape index (κ3) is 8.17. The Kier molecular flexibility index (Phi) is 8.84. The minimum Gasteiger partial charge on any atom is -0.463 e. The van der Waals surface area contributed by atoms with Crippen molar-refractivity contribution in [3.8, 4) is 0 Å². The number of ether oxygens (including phenoxy) is 1. The van der Waals surface area contributed by atoms with E-state index in [0.29, 0.717) is 6.61 Å². The normalized spacial score (nSPS) is 13.1. The summed E-state index contributed by atoms with van der Waals surface area (Å²) >= 11 is 1.85. The lowest BCUT2D eigenvalue weighted by atomic mass is 10.2. The molecule has 0 amide bonds. The highest BCUT2D eigenvalue weighted by molar-refractivity contribution is 7.99. The molecule has 0 fully saturated rings. The molecule has 1 unspecified atom stereocenters. The van der Waals surface area contributed by atoms with E-state index in [9.17, 15) is 4.79 Å². The van der Waals surface area contributed by atoms with E-state index in [0.717, 1.165) is 17.4 Å². The molecule has 0 heterocycles. The molecule has 0 rings (SSSR count). The molecular formula is C11H20O2S. The summed E-state index contributed by atoms with van der Waals surface area (Å²) in [6.07, 6.45) is 4.59. The SMILES string of the molecule is CCOC(=O)/C=C/CSCC(C)CC. The third-order valence-electron chi connectivity index (χ3n) is 1.85. The fourth-order valence-electron chi connectivity index (χ4n) is 0.790. The van der Waals surface area contributed by atoms with Crippen molar-refractivity contribution in [3.63, 3.8) is 0 Å². The first-order chi connectivity index (χ1) is 6.70. The molecule has 0 aromatic rings. The van der Waals surface area contributed by atoms with E-state index in [1.807, 2.05) is 24.8 Å². The van der Waals surface area contributed by atoms with Crippen LogP contribution < -0.4 is 0 Å². The first kappa shape index (κ1) is 13.6. The molecule has 0 bridgehead atoms. The Labute approximate surface area is 91.1 Å². The highest BCUT2D eigenvalue weighted by Crippen LogP contribution is 2.10. The topological polar surface area (TPSA) is 26.3 Å². The Balaban J connectivity index is 3.39. The van der Waals surface area contributed by atoms with Crippen LogP contribution in [0.3, 0.4) is 0 Å². The molecule has 0 aromatic carbocycles. The summed E-state index contributed by atoms with van der Waals surface area (Å²) in [5, 5.41) is 0. The fraction of sp³-hybridized carbons (Fsp3) is 0.727. The van der Waals surface area contributed by atoms with Gasteiger partial charge in [-0.2, -0.15) is 11.8 Å². The molecule has 0 aliphatic heterocycles.